The molecule has 4 N–H and O–H groups in total. The van der Waals surface area contributed by atoms with Crippen LogP contribution in [0.15, 0.2) is 24.3 Å². The monoisotopic (exact) mass is 253 g/mol. The lowest BCUT2D eigenvalue weighted by Gasteiger charge is -2.26. The zero-order chi connectivity index (χ0) is 12.8. The number of aromatic hydroxyl groups is 1. The van der Waals surface area contributed by atoms with Crippen LogP contribution < -0.4 is 15.0 Å². The van der Waals surface area contributed by atoms with E-state index in [1.54, 1.807) is 24.3 Å². The van der Waals surface area contributed by atoms with E-state index in [9.17, 15) is 10.2 Å². The minimum atomic E-state index is -0.502. The topological polar surface area (TPSA) is 66.2 Å². The van der Waals surface area contributed by atoms with Gasteiger partial charge < -0.3 is 25.2 Å². The molecule has 18 heavy (non-hydrogen) atoms. The fourth-order valence-corrected chi connectivity index (χ4v) is 2.14. The molecule has 1 fully saturated rings. The molecule has 1 aliphatic rings. The second-order valence-electron chi connectivity index (χ2n) is 4.64. The molecule has 5 nitrogen and oxygen atoms in total. The first-order chi connectivity index (χ1) is 8.75. The summed E-state index contributed by atoms with van der Waals surface area (Å²) < 4.78 is 5.41. The normalized spacial score (nSPS) is 18.5. The molecule has 0 saturated carbocycles. The summed E-state index contributed by atoms with van der Waals surface area (Å²) in [6.07, 6.45) is -0.502. The number of ether oxygens (including phenoxy) is 1. The van der Waals surface area contributed by atoms with Gasteiger partial charge in [-0.15, -0.1) is 0 Å². The Hall–Kier alpha value is -1.30. The third kappa shape index (κ3) is 3.87. The molecular formula is C13H21N2O3+. The predicted octanol–water partition coefficient (Wildman–Crippen LogP) is -1.38. The highest BCUT2D eigenvalue weighted by atomic mass is 16.5. The zero-order valence-corrected chi connectivity index (χ0v) is 10.4. The molecule has 5 heteroatoms. The molecule has 0 bridgehead atoms. The van der Waals surface area contributed by atoms with Crippen LogP contribution in [0.4, 0.5) is 0 Å². The number of benzene rings is 1. The Morgan fingerprint density at radius 3 is 2.72 bits per heavy atom. The second kappa shape index (κ2) is 6.58. The van der Waals surface area contributed by atoms with E-state index in [0.717, 1.165) is 26.2 Å². The SMILES string of the molecule is Oc1ccccc1OCC(O)C[NH+]1CCNCC1. The van der Waals surface area contributed by atoms with Crippen LogP contribution in [-0.4, -0.2) is 55.6 Å². The number of aliphatic hydroxyl groups is 1. The maximum Gasteiger partial charge on any atom is 0.161 e. The Labute approximate surface area is 107 Å². The van der Waals surface area contributed by atoms with Gasteiger partial charge in [-0.3, -0.25) is 0 Å². The van der Waals surface area contributed by atoms with E-state index in [1.807, 2.05) is 0 Å². The highest BCUT2D eigenvalue weighted by Gasteiger charge is 2.18. The lowest BCUT2D eigenvalue weighted by molar-refractivity contribution is -0.904. The van der Waals surface area contributed by atoms with Crippen molar-refractivity contribution < 1.29 is 19.8 Å². The van der Waals surface area contributed by atoms with Gasteiger partial charge in [0.05, 0.1) is 13.1 Å². The Bertz CT molecular complexity index is 367. The smallest absolute Gasteiger partial charge is 0.161 e. The number of para-hydroxylation sites is 2. The van der Waals surface area contributed by atoms with Crippen LogP contribution in [0.25, 0.3) is 0 Å². The number of phenols is 1. The van der Waals surface area contributed by atoms with E-state index in [-0.39, 0.29) is 12.4 Å². The van der Waals surface area contributed by atoms with Crippen molar-refractivity contribution in [2.24, 2.45) is 0 Å². The van der Waals surface area contributed by atoms with Crippen LogP contribution in [0, 0.1) is 0 Å². The number of nitrogens with one attached hydrogen (secondary N) is 2. The van der Waals surface area contributed by atoms with Gasteiger partial charge in [0, 0.05) is 13.1 Å². The summed E-state index contributed by atoms with van der Waals surface area (Å²) in [5.41, 5.74) is 0. The first kappa shape index (κ1) is 13.1. The fraction of sp³-hybridized carbons (Fsp3) is 0.538. The van der Waals surface area contributed by atoms with E-state index in [2.05, 4.69) is 5.32 Å². The van der Waals surface area contributed by atoms with Crippen molar-refractivity contribution in [3.05, 3.63) is 24.3 Å². The van der Waals surface area contributed by atoms with Gasteiger partial charge in [0.25, 0.3) is 0 Å². The molecule has 1 atom stereocenters. The third-order valence-corrected chi connectivity index (χ3v) is 3.13. The molecule has 1 aliphatic heterocycles. The van der Waals surface area contributed by atoms with Crippen molar-refractivity contribution in [1.29, 1.82) is 0 Å². The average molecular weight is 253 g/mol. The van der Waals surface area contributed by atoms with Gasteiger partial charge in [0.2, 0.25) is 0 Å². The van der Waals surface area contributed by atoms with E-state index >= 15 is 0 Å². The van der Waals surface area contributed by atoms with E-state index in [0.29, 0.717) is 12.3 Å². The highest BCUT2D eigenvalue weighted by Crippen LogP contribution is 2.24. The van der Waals surface area contributed by atoms with Crippen molar-refractivity contribution in [3.63, 3.8) is 0 Å². The molecule has 1 heterocycles. The molecular weight excluding hydrogens is 232 g/mol. The standard InChI is InChI=1S/C13H20N2O3/c16-11(9-15-7-5-14-6-8-15)10-18-13-4-2-1-3-12(13)17/h1-4,11,14,16-17H,5-10H2/p+1. The molecule has 0 radical (unpaired) electrons. The van der Waals surface area contributed by atoms with E-state index < -0.39 is 6.10 Å². The Morgan fingerprint density at radius 1 is 1.28 bits per heavy atom. The van der Waals surface area contributed by atoms with Gasteiger partial charge in [-0.05, 0) is 12.1 Å². The molecule has 0 amide bonds. The highest BCUT2D eigenvalue weighted by molar-refractivity contribution is 5.37. The number of hydrogen-bond donors (Lipinski definition) is 4. The third-order valence-electron chi connectivity index (χ3n) is 3.13. The Balaban J connectivity index is 1.74. The first-order valence-electron chi connectivity index (χ1n) is 6.39. The molecule has 2 rings (SSSR count). The number of aliphatic hydroxyl groups excluding tert-OH is 1. The predicted molar refractivity (Wildman–Crippen MR) is 68.0 cm³/mol. The summed E-state index contributed by atoms with van der Waals surface area (Å²) in [5, 5.41) is 22.7. The first-order valence-corrected chi connectivity index (χ1v) is 6.39. The van der Waals surface area contributed by atoms with Gasteiger partial charge in [0.1, 0.15) is 19.3 Å². The van der Waals surface area contributed by atoms with Crippen LogP contribution in [0.1, 0.15) is 0 Å². The second-order valence-corrected chi connectivity index (χ2v) is 4.64. The lowest BCUT2D eigenvalue weighted by Crippen LogP contribution is -3.15. The minimum absolute atomic E-state index is 0.110. The fourth-order valence-electron chi connectivity index (χ4n) is 2.14. The van der Waals surface area contributed by atoms with Crippen molar-refractivity contribution in [2.75, 3.05) is 39.3 Å². The van der Waals surface area contributed by atoms with Gasteiger partial charge in [-0.2, -0.15) is 0 Å². The quantitative estimate of drug-likeness (QED) is 0.522. The number of hydrogen-bond acceptors (Lipinski definition) is 4. The molecule has 100 valence electrons. The summed E-state index contributed by atoms with van der Waals surface area (Å²) in [6, 6.07) is 6.80. The molecule has 0 aliphatic carbocycles. The maximum atomic E-state index is 9.91. The summed E-state index contributed by atoms with van der Waals surface area (Å²) in [4.78, 5) is 1.39. The molecule has 1 saturated heterocycles. The molecule has 1 aromatic rings. The number of piperazine rings is 1. The molecule has 0 aromatic heterocycles. The van der Waals surface area contributed by atoms with Crippen molar-refractivity contribution >= 4 is 0 Å². The largest absolute Gasteiger partial charge is 0.504 e. The number of quaternary nitrogens is 1. The molecule has 1 aromatic carbocycles. The van der Waals surface area contributed by atoms with Crippen molar-refractivity contribution in [2.45, 2.75) is 6.10 Å². The van der Waals surface area contributed by atoms with Crippen LogP contribution >= 0.6 is 0 Å². The van der Waals surface area contributed by atoms with Gasteiger partial charge >= 0.3 is 0 Å². The lowest BCUT2D eigenvalue weighted by atomic mass is 10.3. The van der Waals surface area contributed by atoms with E-state index in [1.165, 1.54) is 4.90 Å². The number of phenolic OH excluding ortho intramolecular Hbond substituents is 1. The van der Waals surface area contributed by atoms with Crippen LogP contribution in [0.5, 0.6) is 11.5 Å². The van der Waals surface area contributed by atoms with Gasteiger partial charge in [-0.25, -0.2) is 0 Å². The Morgan fingerprint density at radius 2 is 2.00 bits per heavy atom. The summed E-state index contributed by atoms with van der Waals surface area (Å²) in [7, 11) is 0. The maximum absolute atomic E-state index is 9.91. The summed E-state index contributed by atoms with van der Waals surface area (Å²) in [6.45, 7) is 4.98. The zero-order valence-electron chi connectivity index (χ0n) is 10.4. The minimum Gasteiger partial charge on any atom is -0.504 e. The molecule has 1 unspecified atom stereocenters. The van der Waals surface area contributed by atoms with E-state index in [4.69, 9.17) is 4.74 Å². The Kier molecular flexibility index (Phi) is 4.81. The summed E-state index contributed by atoms with van der Waals surface area (Å²) in [5.74, 6) is 0.533. The average Bonchev–Trinajstić information content (AvgIpc) is 2.39. The van der Waals surface area contributed by atoms with Crippen LogP contribution in [0.2, 0.25) is 0 Å². The molecule has 0 spiro atoms. The summed E-state index contributed by atoms with van der Waals surface area (Å²) >= 11 is 0. The van der Waals surface area contributed by atoms with Crippen molar-refractivity contribution in [1.82, 2.24) is 5.32 Å². The van der Waals surface area contributed by atoms with Crippen molar-refractivity contribution in [3.8, 4) is 11.5 Å². The van der Waals surface area contributed by atoms with Crippen LogP contribution in [-0.2, 0) is 0 Å². The number of rotatable bonds is 5. The van der Waals surface area contributed by atoms with Gasteiger partial charge in [-0.1, -0.05) is 12.1 Å². The van der Waals surface area contributed by atoms with Gasteiger partial charge in [0.15, 0.2) is 11.5 Å². The van der Waals surface area contributed by atoms with Crippen LogP contribution in [0.3, 0.4) is 0 Å².